The minimum Gasteiger partial charge on any atom is -0.378 e. The Morgan fingerprint density at radius 1 is 1.35 bits per heavy atom. The quantitative estimate of drug-likeness (QED) is 0.489. The summed E-state index contributed by atoms with van der Waals surface area (Å²) in [6.07, 6.45) is 0. The number of nitro benzene ring substituents is 1. The number of anilines is 1. The molecule has 7 nitrogen and oxygen atoms in total. The van der Waals surface area contributed by atoms with E-state index in [0.29, 0.717) is 17.8 Å². The smallest absolute Gasteiger partial charge is 0.293 e. The Morgan fingerprint density at radius 3 is 2.57 bits per heavy atom. The van der Waals surface area contributed by atoms with Gasteiger partial charge in [0.2, 0.25) is 0 Å². The zero-order chi connectivity index (χ0) is 17.0. The second-order valence-electron chi connectivity index (χ2n) is 6.11. The average Bonchev–Trinajstić information content (AvgIpc) is 2.52. The lowest BCUT2D eigenvalue weighted by Crippen LogP contribution is -2.49. The molecule has 0 spiro atoms. The fraction of sp³-hybridized carbons (Fsp3) is 0.562. The van der Waals surface area contributed by atoms with E-state index in [2.05, 4.69) is 29.1 Å². The van der Waals surface area contributed by atoms with Crippen LogP contribution in [0.2, 0.25) is 0 Å². The Labute approximate surface area is 136 Å². The molecule has 1 aromatic rings. The van der Waals surface area contributed by atoms with Crippen molar-refractivity contribution < 1.29 is 9.72 Å². The van der Waals surface area contributed by atoms with E-state index in [9.17, 15) is 14.9 Å². The van der Waals surface area contributed by atoms with Crippen LogP contribution in [0.25, 0.3) is 0 Å². The minimum absolute atomic E-state index is 0.0525. The number of nitrogens with one attached hydrogen (secondary N) is 1. The largest absolute Gasteiger partial charge is 0.378 e. The molecule has 1 fully saturated rings. The predicted molar refractivity (Wildman–Crippen MR) is 90.1 cm³/mol. The van der Waals surface area contributed by atoms with Gasteiger partial charge in [-0.05, 0) is 33.0 Å². The van der Waals surface area contributed by atoms with Crippen molar-refractivity contribution in [3.63, 3.8) is 0 Å². The summed E-state index contributed by atoms with van der Waals surface area (Å²) in [5.41, 5.74) is 0.763. The Kier molecular flexibility index (Phi) is 5.68. The summed E-state index contributed by atoms with van der Waals surface area (Å²) in [7, 11) is 2.11. The van der Waals surface area contributed by atoms with Gasteiger partial charge in [-0.3, -0.25) is 19.8 Å². The molecule has 126 valence electrons. The SMILES string of the molecule is CC(=O)c1ccc(NCC(C)N2CCN(C)CC2)c([N+](=O)[O-])c1. The maximum absolute atomic E-state index is 11.4. The summed E-state index contributed by atoms with van der Waals surface area (Å²) < 4.78 is 0. The fourth-order valence-corrected chi connectivity index (χ4v) is 2.70. The van der Waals surface area contributed by atoms with Gasteiger partial charge in [-0.1, -0.05) is 0 Å². The van der Waals surface area contributed by atoms with Crippen molar-refractivity contribution in [2.24, 2.45) is 0 Å². The number of ketones is 1. The third-order valence-corrected chi connectivity index (χ3v) is 4.35. The molecular formula is C16H24N4O3. The van der Waals surface area contributed by atoms with Gasteiger partial charge in [0.1, 0.15) is 5.69 Å². The number of hydrogen-bond acceptors (Lipinski definition) is 6. The van der Waals surface area contributed by atoms with Crippen molar-refractivity contribution in [2.45, 2.75) is 19.9 Å². The zero-order valence-corrected chi connectivity index (χ0v) is 13.9. The lowest BCUT2D eigenvalue weighted by atomic mass is 10.1. The Bertz CT molecular complexity index is 583. The number of rotatable bonds is 6. The third kappa shape index (κ3) is 4.49. The number of hydrogen-bond donors (Lipinski definition) is 1. The summed E-state index contributed by atoms with van der Waals surface area (Å²) in [5.74, 6) is -0.176. The second kappa shape index (κ2) is 7.52. The lowest BCUT2D eigenvalue weighted by Gasteiger charge is -2.36. The molecule has 0 saturated carbocycles. The van der Waals surface area contributed by atoms with Crippen LogP contribution in [0.1, 0.15) is 24.2 Å². The fourth-order valence-electron chi connectivity index (χ4n) is 2.70. The predicted octanol–water partition coefficient (Wildman–Crippen LogP) is 1.85. The molecule has 1 aliphatic heterocycles. The van der Waals surface area contributed by atoms with Gasteiger partial charge in [0, 0.05) is 50.4 Å². The van der Waals surface area contributed by atoms with Crippen LogP contribution >= 0.6 is 0 Å². The Morgan fingerprint density at radius 2 is 2.00 bits per heavy atom. The number of carbonyl (C=O) groups is 1. The van der Waals surface area contributed by atoms with Gasteiger partial charge in [-0.15, -0.1) is 0 Å². The lowest BCUT2D eigenvalue weighted by molar-refractivity contribution is -0.384. The minimum atomic E-state index is -0.449. The van der Waals surface area contributed by atoms with Gasteiger partial charge >= 0.3 is 0 Å². The van der Waals surface area contributed by atoms with Crippen molar-refractivity contribution in [3.05, 3.63) is 33.9 Å². The van der Waals surface area contributed by atoms with E-state index < -0.39 is 4.92 Å². The molecule has 1 aliphatic rings. The highest BCUT2D eigenvalue weighted by Crippen LogP contribution is 2.26. The van der Waals surface area contributed by atoms with Crippen LogP contribution in [0.5, 0.6) is 0 Å². The maximum atomic E-state index is 11.4. The standard InChI is InChI=1S/C16H24N4O3/c1-12(19-8-6-18(3)7-9-19)11-17-15-5-4-14(13(2)21)10-16(15)20(22)23/h4-5,10,12,17H,6-9,11H2,1-3H3. The molecule has 0 aliphatic carbocycles. The summed E-state index contributed by atoms with van der Waals surface area (Å²) in [4.78, 5) is 26.8. The molecule has 23 heavy (non-hydrogen) atoms. The first kappa shape index (κ1) is 17.4. The average molecular weight is 320 g/mol. The van der Waals surface area contributed by atoms with E-state index in [1.807, 2.05) is 0 Å². The molecule has 1 aromatic carbocycles. The van der Waals surface area contributed by atoms with Gasteiger partial charge in [0.15, 0.2) is 5.78 Å². The zero-order valence-electron chi connectivity index (χ0n) is 13.9. The first-order valence-corrected chi connectivity index (χ1v) is 7.84. The number of Topliss-reactive ketones (excluding diaryl/α,β-unsaturated/α-hetero) is 1. The molecule has 0 bridgehead atoms. The van der Waals surface area contributed by atoms with E-state index in [-0.39, 0.29) is 17.5 Å². The molecule has 0 aromatic heterocycles. The van der Waals surface area contributed by atoms with Crippen molar-refractivity contribution in [2.75, 3.05) is 45.1 Å². The molecule has 2 rings (SSSR count). The van der Waals surface area contributed by atoms with E-state index >= 15 is 0 Å². The van der Waals surface area contributed by atoms with E-state index in [4.69, 9.17) is 0 Å². The number of piperazine rings is 1. The summed E-state index contributed by atoms with van der Waals surface area (Å²) >= 11 is 0. The molecule has 1 saturated heterocycles. The number of benzene rings is 1. The van der Waals surface area contributed by atoms with Crippen LogP contribution < -0.4 is 5.32 Å². The summed E-state index contributed by atoms with van der Waals surface area (Å²) in [5, 5.41) is 14.4. The van der Waals surface area contributed by atoms with Gasteiger partial charge in [-0.2, -0.15) is 0 Å². The van der Waals surface area contributed by atoms with Crippen LogP contribution in [-0.4, -0.2) is 66.3 Å². The van der Waals surface area contributed by atoms with E-state index in [0.717, 1.165) is 26.2 Å². The monoisotopic (exact) mass is 320 g/mol. The number of nitro groups is 1. The molecular weight excluding hydrogens is 296 g/mol. The summed E-state index contributed by atoms with van der Waals surface area (Å²) in [6, 6.07) is 4.87. The third-order valence-electron chi connectivity index (χ3n) is 4.35. The number of likely N-dealkylation sites (N-methyl/N-ethyl adjacent to an activating group) is 1. The topological polar surface area (TPSA) is 78.7 Å². The van der Waals surface area contributed by atoms with Crippen LogP contribution in [0.15, 0.2) is 18.2 Å². The van der Waals surface area contributed by atoms with Crippen LogP contribution in [-0.2, 0) is 0 Å². The number of carbonyl (C=O) groups excluding carboxylic acids is 1. The molecule has 1 heterocycles. The molecule has 7 heteroatoms. The van der Waals surface area contributed by atoms with E-state index in [1.54, 1.807) is 12.1 Å². The van der Waals surface area contributed by atoms with Crippen molar-refractivity contribution in [1.29, 1.82) is 0 Å². The summed E-state index contributed by atoms with van der Waals surface area (Å²) in [6.45, 7) is 8.24. The van der Waals surface area contributed by atoms with Gasteiger partial charge < -0.3 is 10.2 Å². The molecule has 1 unspecified atom stereocenters. The van der Waals surface area contributed by atoms with Gasteiger partial charge in [0.25, 0.3) is 5.69 Å². The highest BCUT2D eigenvalue weighted by atomic mass is 16.6. The molecule has 1 N–H and O–H groups in total. The van der Waals surface area contributed by atoms with Crippen LogP contribution in [0.3, 0.4) is 0 Å². The number of nitrogens with zero attached hydrogens (tertiary/aromatic N) is 3. The normalized spacial score (nSPS) is 17.7. The molecule has 0 amide bonds. The van der Waals surface area contributed by atoms with Crippen LogP contribution in [0, 0.1) is 10.1 Å². The highest BCUT2D eigenvalue weighted by Gasteiger charge is 2.21. The van der Waals surface area contributed by atoms with Gasteiger partial charge in [-0.25, -0.2) is 0 Å². The first-order chi connectivity index (χ1) is 10.9. The maximum Gasteiger partial charge on any atom is 0.293 e. The highest BCUT2D eigenvalue weighted by molar-refractivity contribution is 5.95. The van der Waals surface area contributed by atoms with E-state index in [1.165, 1.54) is 13.0 Å². The molecule has 0 radical (unpaired) electrons. The van der Waals surface area contributed by atoms with Crippen LogP contribution in [0.4, 0.5) is 11.4 Å². The van der Waals surface area contributed by atoms with Gasteiger partial charge in [0.05, 0.1) is 4.92 Å². The van der Waals surface area contributed by atoms with Crippen molar-refractivity contribution in [1.82, 2.24) is 9.80 Å². The Balaban J connectivity index is 2.02. The van der Waals surface area contributed by atoms with Crippen molar-refractivity contribution >= 4 is 17.2 Å². The Hall–Kier alpha value is -1.99. The first-order valence-electron chi connectivity index (χ1n) is 7.84. The van der Waals surface area contributed by atoms with Crippen molar-refractivity contribution in [3.8, 4) is 0 Å². The molecule has 1 atom stereocenters. The second-order valence-corrected chi connectivity index (χ2v) is 6.11.